The highest BCUT2D eigenvalue weighted by Crippen LogP contribution is 2.38. The second-order valence-corrected chi connectivity index (χ2v) is 7.61. The molecule has 6 heteroatoms. The first-order valence-corrected chi connectivity index (χ1v) is 9.67. The Balaban J connectivity index is 1.41. The number of rotatable bonds is 3. The molecule has 0 saturated carbocycles. The average molecular weight is 362 g/mol. The number of fused-ring (bicyclic) bond motifs is 4. The van der Waals surface area contributed by atoms with Crippen LogP contribution in [0, 0.1) is 0 Å². The molecule has 0 saturated heterocycles. The highest BCUT2D eigenvalue weighted by molar-refractivity contribution is 7.19. The van der Waals surface area contributed by atoms with E-state index in [1.165, 1.54) is 23.3 Å². The first-order chi connectivity index (χ1) is 12.9. The van der Waals surface area contributed by atoms with E-state index in [4.69, 9.17) is 4.74 Å². The maximum atomic E-state index is 5.76. The van der Waals surface area contributed by atoms with Crippen molar-refractivity contribution in [3.63, 3.8) is 0 Å². The van der Waals surface area contributed by atoms with E-state index in [-0.39, 0.29) is 0 Å². The van der Waals surface area contributed by atoms with Gasteiger partial charge in [-0.3, -0.25) is 5.43 Å². The van der Waals surface area contributed by atoms with Crippen molar-refractivity contribution in [2.45, 2.75) is 25.7 Å². The topological polar surface area (TPSA) is 59.4 Å². The average Bonchev–Trinajstić information content (AvgIpc) is 3.07. The minimum Gasteiger partial charge on any atom is -0.488 e. The molecule has 130 valence electrons. The molecule has 0 unspecified atom stereocenters. The second kappa shape index (κ2) is 6.53. The SMILES string of the molecule is C1=C(/C=N/Nc2ncnc3sc4c(c23)CCCC4)COc2ccccc21. The number of hydrazone groups is 1. The van der Waals surface area contributed by atoms with Crippen LogP contribution in [0.4, 0.5) is 5.82 Å². The Hall–Kier alpha value is -2.73. The van der Waals surface area contributed by atoms with Crippen LogP contribution >= 0.6 is 11.3 Å². The van der Waals surface area contributed by atoms with Gasteiger partial charge < -0.3 is 4.74 Å². The third-order valence-electron chi connectivity index (χ3n) is 4.81. The number of nitrogens with zero attached hydrogens (tertiary/aromatic N) is 3. The number of hydrogen-bond acceptors (Lipinski definition) is 6. The first kappa shape index (κ1) is 15.5. The van der Waals surface area contributed by atoms with Gasteiger partial charge in [-0.15, -0.1) is 11.3 Å². The Morgan fingerprint density at radius 1 is 1.15 bits per heavy atom. The predicted molar refractivity (Wildman–Crippen MR) is 106 cm³/mol. The summed E-state index contributed by atoms with van der Waals surface area (Å²) >= 11 is 1.79. The van der Waals surface area contributed by atoms with Crippen molar-refractivity contribution < 1.29 is 4.74 Å². The molecule has 1 aromatic carbocycles. The fraction of sp³-hybridized carbons (Fsp3) is 0.250. The quantitative estimate of drug-likeness (QED) is 0.553. The summed E-state index contributed by atoms with van der Waals surface area (Å²) in [7, 11) is 0. The molecule has 1 N–H and O–H groups in total. The van der Waals surface area contributed by atoms with E-state index in [0.29, 0.717) is 6.61 Å². The fourth-order valence-electron chi connectivity index (χ4n) is 3.56. The number of thiophene rings is 1. The number of para-hydroxylation sites is 1. The molecule has 3 aromatic rings. The molecule has 1 aliphatic carbocycles. The number of ether oxygens (including phenoxy) is 1. The van der Waals surface area contributed by atoms with Gasteiger partial charge >= 0.3 is 0 Å². The summed E-state index contributed by atoms with van der Waals surface area (Å²) in [4.78, 5) is 11.4. The van der Waals surface area contributed by atoms with Crippen molar-refractivity contribution in [2.24, 2.45) is 5.10 Å². The summed E-state index contributed by atoms with van der Waals surface area (Å²) in [5.74, 6) is 1.71. The third kappa shape index (κ3) is 2.76. The number of aromatic nitrogens is 2. The Morgan fingerprint density at radius 3 is 3.08 bits per heavy atom. The Morgan fingerprint density at radius 2 is 2.08 bits per heavy atom. The molecule has 0 bridgehead atoms. The molecule has 3 heterocycles. The van der Waals surface area contributed by atoms with Gasteiger partial charge in [0.2, 0.25) is 0 Å². The molecule has 5 nitrogen and oxygen atoms in total. The normalized spacial score (nSPS) is 16.1. The van der Waals surface area contributed by atoms with E-state index in [1.54, 1.807) is 17.7 Å². The zero-order chi connectivity index (χ0) is 17.3. The summed E-state index contributed by atoms with van der Waals surface area (Å²) in [6, 6.07) is 8.01. The number of benzene rings is 1. The molecule has 1 aliphatic heterocycles. The fourth-order valence-corrected chi connectivity index (χ4v) is 4.79. The van der Waals surface area contributed by atoms with Crippen LogP contribution < -0.4 is 10.2 Å². The van der Waals surface area contributed by atoms with E-state index < -0.39 is 0 Å². The van der Waals surface area contributed by atoms with Gasteiger partial charge in [-0.05, 0) is 43.4 Å². The molecule has 0 atom stereocenters. The van der Waals surface area contributed by atoms with Crippen LogP contribution in [0.2, 0.25) is 0 Å². The van der Waals surface area contributed by atoms with E-state index in [0.717, 1.165) is 45.8 Å². The Kier molecular flexibility index (Phi) is 3.90. The van der Waals surface area contributed by atoms with Crippen molar-refractivity contribution in [2.75, 3.05) is 12.0 Å². The van der Waals surface area contributed by atoms with Crippen LogP contribution in [-0.4, -0.2) is 22.8 Å². The molecular formula is C20H18N4OS. The minimum absolute atomic E-state index is 0.523. The van der Waals surface area contributed by atoms with Crippen molar-refractivity contribution in [1.82, 2.24) is 9.97 Å². The van der Waals surface area contributed by atoms with Gasteiger partial charge in [0, 0.05) is 16.0 Å². The van der Waals surface area contributed by atoms with Crippen molar-refractivity contribution in [1.29, 1.82) is 0 Å². The van der Waals surface area contributed by atoms with Crippen molar-refractivity contribution in [3.8, 4) is 5.75 Å². The van der Waals surface area contributed by atoms with Gasteiger partial charge in [0.15, 0.2) is 5.82 Å². The molecule has 2 aromatic heterocycles. The summed E-state index contributed by atoms with van der Waals surface area (Å²) in [5.41, 5.74) is 6.63. The van der Waals surface area contributed by atoms with Crippen LogP contribution in [0.5, 0.6) is 5.75 Å². The summed E-state index contributed by atoms with van der Waals surface area (Å²) in [6.45, 7) is 0.523. The number of anilines is 1. The summed E-state index contributed by atoms with van der Waals surface area (Å²) in [5, 5.41) is 5.55. The van der Waals surface area contributed by atoms with Gasteiger partial charge in [0.1, 0.15) is 23.5 Å². The van der Waals surface area contributed by atoms with Gasteiger partial charge in [0.05, 0.1) is 11.6 Å². The molecule has 0 fully saturated rings. The predicted octanol–water partition coefficient (Wildman–Crippen LogP) is 4.44. The zero-order valence-corrected chi connectivity index (χ0v) is 15.1. The molecule has 5 rings (SSSR count). The Labute approximate surface area is 155 Å². The van der Waals surface area contributed by atoms with Gasteiger partial charge in [-0.1, -0.05) is 18.2 Å². The smallest absolute Gasteiger partial charge is 0.158 e. The largest absolute Gasteiger partial charge is 0.488 e. The van der Waals surface area contributed by atoms with Crippen LogP contribution in [0.15, 0.2) is 41.3 Å². The molecule has 0 amide bonds. The summed E-state index contributed by atoms with van der Waals surface area (Å²) < 4.78 is 5.76. The van der Waals surface area contributed by atoms with E-state index in [9.17, 15) is 0 Å². The lowest BCUT2D eigenvalue weighted by atomic mass is 9.97. The van der Waals surface area contributed by atoms with Gasteiger partial charge in [0.25, 0.3) is 0 Å². The number of nitrogens with one attached hydrogen (secondary N) is 1. The molecule has 2 aliphatic rings. The van der Waals surface area contributed by atoms with Crippen LogP contribution in [0.25, 0.3) is 16.3 Å². The van der Waals surface area contributed by atoms with E-state index in [1.807, 2.05) is 30.5 Å². The lowest BCUT2D eigenvalue weighted by molar-refractivity contribution is 0.353. The standard InChI is InChI=1S/C20H18N4OS/c1-3-7-16-14(5-1)9-13(11-25-16)10-23-24-19-18-15-6-2-4-8-17(15)26-20(18)22-12-21-19/h1,3,5,7,9-10,12H,2,4,6,8,11H2,(H,21,22,24)/b23-10+. The molecule has 26 heavy (non-hydrogen) atoms. The van der Waals surface area contributed by atoms with Crippen molar-refractivity contribution in [3.05, 3.63) is 52.2 Å². The zero-order valence-electron chi connectivity index (χ0n) is 14.2. The highest BCUT2D eigenvalue weighted by atomic mass is 32.1. The van der Waals surface area contributed by atoms with Gasteiger partial charge in [-0.25, -0.2) is 9.97 Å². The first-order valence-electron chi connectivity index (χ1n) is 8.85. The lowest BCUT2D eigenvalue weighted by Crippen LogP contribution is -2.08. The van der Waals surface area contributed by atoms with Crippen molar-refractivity contribution >= 4 is 39.7 Å². The van der Waals surface area contributed by atoms with Gasteiger partial charge in [-0.2, -0.15) is 5.10 Å². The van der Waals surface area contributed by atoms with Crippen LogP contribution in [0.1, 0.15) is 28.8 Å². The van der Waals surface area contributed by atoms with Crippen LogP contribution in [0.3, 0.4) is 0 Å². The number of hydrogen-bond donors (Lipinski definition) is 1. The second-order valence-electron chi connectivity index (χ2n) is 6.53. The van der Waals surface area contributed by atoms with E-state index >= 15 is 0 Å². The number of aryl methyl sites for hydroxylation is 2. The molecule has 0 radical (unpaired) electrons. The Bertz CT molecular complexity index is 1040. The summed E-state index contributed by atoms with van der Waals surface area (Å²) in [6.07, 6.45) is 10.3. The minimum atomic E-state index is 0.523. The third-order valence-corrected chi connectivity index (χ3v) is 6.01. The maximum absolute atomic E-state index is 5.76. The maximum Gasteiger partial charge on any atom is 0.158 e. The monoisotopic (exact) mass is 362 g/mol. The highest BCUT2D eigenvalue weighted by Gasteiger charge is 2.19. The van der Waals surface area contributed by atoms with E-state index in [2.05, 4.69) is 26.6 Å². The molecule has 0 spiro atoms. The molecular weight excluding hydrogens is 344 g/mol. The lowest BCUT2D eigenvalue weighted by Gasteiger charge is -2.15. The van der Waals surface area contributed by atoms with Crippen LogP contribution in [-0.2, 0) is 12.8 Å².